The van der Waals surface area contributed by atoms with Crippen molar-refractivity contribution < 1.29 is 18.0 Å². The van der Waals surface area contributed by atoms with Gasteiger partial charge in [-0.1, -0.05) is 18.2 Å². The first-order valence-corrected chi connectivity index (χ1v) is 4.33. The Bertz CT molecular complexity index is 435. The number of benzene rings is 1. The Morgan fingerprint density at radius 2 is 1.75 bits per heavy atom. The lowest BCUT2D eigenvalue weighted by atomic mass is 10.2. The molecule has 1 N–H and O–H groups in total. The van der Waals surface area contributed by atoms with E-state index in [-0.39, 0.29) is 5.56 Å². The third kappa shape index (κ3) is 1.75. The standard InChI is InChI=1S/C9H6F3N3O/c10-8(11,12)9(14-15-9)13-7(16)6-4-2-1-3-5-6/h1-5H,(H,13,16). The second-order valence-corrected chi connectivity index (χ2v) is 3.19. The van der Waals surface area contributed by atoms with Crippen LogP contribution in [0, 0.1) is 0 Å². The minimum absolute atomic E-state index is 0.128. The van der Waals surface area contributed by atoms with Crippen LogP contribution in [-0.2, 0) is 0 Å². The van der Waals surface area contributed by atoms with Gasteiger partial charge in [0.1, 0.15) is 0 Å². The maximum atomic E-state index is 12.4. The zero-order valence-electron chi connectivity index (χ0n) is 7.82. The molecule has 0 saturated heterocycles. The van der Waals surface area contributed by atoms with Gasteiger partial charge in [-0.05, 0) is 12.1 Å². The molecule has 1 aliphatic rings. The van der Waals surface area contributed by atoms with Crippen LogP contribution in [0.2, 0.25) is 0 Å². The maximum Gasteiger partial charge on any atom is 0.458 e. The van der Waals surface area contributed by atoms with Crippen molar-refractivity contribution in [1.29, 1.82) is 0 Å². The van der Waals surface area contributed by atoms with E-state index in [4.69, 9.17) is 0 Å². The van der Waals surface area contributed by atoms with E-state index in [1.54, 1.807) is 23.5 Å². The van der Waals surface area contributed by atoms with Crippen molar-refractivity contribution in [3.63, 3.8) is 0 Å². The largest absolute Gasteiger partial charge is 0.458 e. The number of carbonyl (C=O) groups is 1. The summed E-state index contributed by atoms with van der Waals surface area (Å²) in [5, 5.41) is 7.40. The lowest BCUT2D eigenvalue weighted by molar-refractivity contribution is -0.168. The minimum Gasteiger partial charge on any atom is -0.299 e. The molecule has 0 atom stereocenters. The molecule has 16 heavy (non-hydrogen) atoms. The molecule has 0 radical (unpaired) electrons. The van der Waals surface area contributed by atoms with E-state index in [1.165, 1.54) is 12.1 Å². The van der Waals surface area contributed by atoms with Crippen molar-refractivity contribution in [3.05, 3.63) is 35.9 Å². The predicted octanol–water partition coefficient (Wildman–Crippen LogP) is 2.10. The van der Waals surface area contributed by atoms with Gasteiger partial charge in [0.2, 0.25) is 0 Å². The highest BCUT2D eigenvalue weighted by Gasteiger charge is 2.65. The number of nitrogens with zero attached hydrogens (tertiary/aromatic N) is 2. The van der Waals surface area contributed by atoms with Crippen molar-refractivity contribution in [3.8, 4) is 0 Å². The van der Waals surface area contributed by atoms with Crippen LogP contribution < -0.4 is 5.32 Å². The summed E-state index contributed by atoms with van der Waals surface area (Å²) < 4.78 is 37.1. The average molecular weight is 229 g/mol. The number of alkyl halides is 3. The predicted molar refractivity (Wildman–Crippen MR) is 47.6 cm³/mol. The van der Waals surface area contributed by atoms with Crippen LogP contribution in [0.5, 0.6) is 0 Å². The van der Waals surface area contributed by atoms with Gasteiger partial charge in [0.15, 0.2) is 0 Å². The first kappa shape index (κ1) is 10.6. The van der Waals surface area contributed by atoms with E-state index in [9.17, 15) is 18.0 Å². The molecule has 1 aliphatic heterocycles. The van der Waals surface area contributed by atoms with Gasteiger partial charge in [-0.25, -0.2) is 0 Å². The molecule has 2 rings (SSSR count). The smallest absolute Gasteiger partial charge is 0.299 e. The highest BCUT2D eigenvalue weighted by Crippen LogP contribution is 2.41. The van der Waals surface area contributed by atoms with Crippen LogP contribution in [0.15, 0.2) is 40.6 Å². The van der Waals surface area contributed by atoms with Gasteiger partial charge in [-0.15, -0.1) is 10.2 Å². The number of amides is 1. The number of hydrogen-bond donors (Lipinski definition) is 1. The molecule has 0 aliphatic carbocycles. The lowest BCUT2D eigenvalue weighted by Crippen LogP contribution is -2.49. The highest BCUT2D eigenvalue weighted by atomic mass is 19.4. The lowest BCUT2D eigenvalue weighted by Gasteiger charge is -2.15. The summed E-state index contributed by atoms with van der Waals surface area (Å²) in [7, 11) is 0. The van der Waals surface area contributed by atoms with E-state index in [0.717, 1.165) is 0 Å². The van der Waals surface area contributed by atoms with Crippen molar-refractivity contribution in [2.24, 2.45) is 10.2 Å². The van der Waals surface area contributed by atoms with Crippen LogP contribution in [0.1, 0.15) is 10.4 Å². The number of carbonyl (C=O) groups excluding carboxylic acids is 1. The Kier molecular flexibility index (Phi) is 2.18. The Morgan fingerprint density at radius 3 is 2.19 bits per heavy atom. The summed E-state index contributed by atoms with van der Waals surface area (Å²) in [5.41, 5.74) is 0.128. The van der Waals surface area contributed by atoms with Crippen LogP contribution >= 0.6 is 0 Å². The molecule has 1 amide bonds. The molecule has 0 bridgehead atoms. The van der Waals surface area contributed by atoms with Crippen LogP contribution in [0.4, 0.5) is 13.2 Å². The molecule has 1 aromatic rings. The fourth-order valence-electron chi connectivity index (χ4n) is 1.10. The Balaban J connectivity index is 2.10. The van der Waals surface area contributed by atoms with Crippen LogP contribution in [0.3, 0.4) is 0 Å². The van der Waals surface area contributed by atoms with Crippen molar-refractivity contribution in [2.45, 2.75) is 12.0 Å². The van der Waals surface area contributed by atoms with E-state index in [2.05, 4.69) is 10.2 Å². The second kappa shape index (κ2) is 3.29. The summed E-state index contributed by atoms with van der Waals surface area (Å²) in [5.74, 6) is -3.59. The molecule has 0 fully saturated rings. The molecule has 1 heterocycles. The van der Waals surface area contributed by atoms with Crippen LogP contribution in [-0.4, -0.2) is 17.9 Å². The molecular weight excluding hydrogens is 223 g/mol. The highest BCUT2D eigenvalue weighted by molar-refractivity contribution is 5.94. The van der Waals surface area contributed by atoms with Gasteiger partial charge in [-0.3, -0.25) is 10.1 Å². The van der Waals surface area contributed by atoms with E-state index < -0.39 is 17.9 Å². The van der Waals surface area contributed by atoms with Gasteiger partial charge in [0, 0.05) is 5.56 Å². The van der Waals surface area contributed by atoms with E-state index in [0.29, 0.717) is 0 Å². The molecule has 1 aromatic carbocycles. The Morgan fingerprint density at radius 1 is 1.19 bits per heavy atom. The summed E-state index contributed by atoms with van der Waals surface area (Å²) in [6, 6.07) is 7.57. The molecule has 7 heteroatoms. The van der Waals surface area contributed by atoms with Gasteiger partial charge < -0.3 is 0 Å². The summed E-state index contributed by atoms with van der Waals surface area (Å²) in [6.07, 6.45) is -4.70. The van der Waals surface area contributed by atoms with E-state index >= 15 is 0 Å². The first-order valence-electron chi connectivity index (χ1n) is 4.33. The van der Waals surface area contributed by atoms with Gasteiger partial charge in [0.25, 0.3) is 5.91 Å². The van der Waals surface area contributed by atoms with Gasteiger partial charge in [0.05, 0.1) is 0 Å². The molecule has 4 nitrogen and oxygen atoms in total. The number of hydrogen-bond acceptors (Lipinski definition) is 3. The van der Waals surface area contributed by atoms with E-state index in [1.807, 2.05) is 0 Å². The van der Waals surface area contributed by atoms with Crippen molar-refractivity contribution >= 4 is 5.91 Å². The van der Waals surface area contributed by atoms with Crippen molar-refractivity contribution in [2.75, 3.05) is 0 Å². The van der Waals surface area contributed by atoms with Crippen LogP contribution in [0.25, 0.3) is 0 Å². The summed E-state index contributed by atoms with van der Waals surface area (Å²) in [4.78, 5) is 11.4. The van der Waals surface area contributed by atoms with Crippen molar-refractivity contribution in [1.82, 2.24) is 5.32 Å². The third-order valence-electron chi connectivity index (χ3n) is 2.02. The van der Waals surface area contributed by atoms with Gasteiger partial charge in [-0.2, -0.15) is 13.2 Å². The third-order valence-corrected chi connectivity index (χ3v) is 2.02. The topological polar surface area (TPSA) is 53.8 Å². The number of halogens is 3. The fraction of sp³-hybridized carbons (Fsp3) is 0.222. The Labute approximate surface area is 88.2 Å². The molecule has 84 valence electrons. The van der Waals surface area contributed by atoms with Gasteiger partial charge >= 0.3 is 12.0 Å². The fourth-order valence-corrected chi connectivity index (χ4v) is 1.10. The molecule has 0 spiro atoms. The normalized spacial score (nSPS) is 16.9. The first-order chi connectivity index (χ1) is 7.45. The maximum absolute atomic E-state index is 12.4. The molecule has 0 aromatic heterocycles. The second-order valence-electron chi connectivity index (χ2n) is 3.19. The molecule has 0 unspecified atom stereocenters. The number of rotatable bonds is 2. The quantitative estimate of drug-likeness (QED) is 0.829. The average Bonchev–Trinajstić information content (AvgIpc) is 2.99. The number of nitrogens with one attached hydrogen (secondary N) is 1. The zero-order chi connectivity index (χ0) is 11.8. The molecule has 0 saturated carbocycles. The minimum atomic E-state index is -4.70. The monoisotopic (exact) mass is 229 g/mol. The Hall–Kier alpha value is -1.92. The summed E-state index contributed by atoms with van der Waals surface area (Å²) >= 11 is 0. The zero-order valence-corrected chi connectivity index (χ0v) is 7.82. The molecular formula is C9H6F3N3O. The SMILES string of the molecule is O=C(NC1(C(F)(F)F)N=N1)c1ccccc1. The summed E-state index contributed by atoms with van der Waals surface area (Å²) in [6.45, 7) is 0.